The molecule has 3 fully saturated rings. The van der Waals surface area contributed by atoms with Crippen LogP contribution in [0.15, 0.2) is 46.8 Å². The first-order valence-electron chi connectivity index (χ1n) is 10.7. The van der Waals surface area contributed by atoms with E-state index in [1.807, 2.05) is 0 Å². The number of nitrogens with one attached hydrogen (secondary N) is 1. The minimum Gasteiger partial charge on any atom is -0.466 e. The minimum absolute atomic E-state index is 0.120. The Labute approximate surface area is 186 Å². The van der Waals surface area contributed by atoms with Gasteiger partial charge in [-0.2, -0.15) is 0 Å². The van der Waals surface area contributed by atoms with Gasteiger partial charge in [0, 0.05) is 30.1 Å². The number of hydrogen-bond acceptors (Lipinski definition) is 8. The van der Waals surface area contributed by atoms with Crippen LogP contribution in [0.5, 0.6) is 0 Å². The van der Waals surface area contributed by atoms with Crippen LogP contribution in [0.1, 0.15) is 38.2 Å². The van der Waals surface area contributed by atoms with E-state index in [2.05, 4.69) is 10.2 Å². The van der Waals surface area contributed by atoms with Crippen molar-refractivity contribution < 1.29 is 24.0 Å². The molecule has 0 aromatic heterocycles. The fourth-order valence-electron chi connectivity index (χ4n) is 5.04. The summed E-state index contributed by atoms with van der Waals surface area (Å²) in [6, 6.07) is 5.99. The average Bonchev–Trinajstić information content (AvgIpc) is 2.78. The molecule has 1 aromatic rings. The Bertz CT molecular complexity index is 1020. The highest BCUT2D eigenvalue weighted by atomic mass is 16.6. The number of carbonyl (C=O) groups is 2. The van der Waals surface area contributed by atoms with Crippen LogP contribution in [-0.4, -0.2) is 54.6 Å². The van der Waals surface area contributed by atoms with E-state index in [0.29, 0.717) is 29.4 Å². The van der Waals surface area contributed by atoms with Gasteiger partial charge in [-0.15, -0.1) is 0 Å². The van der Waals surface area contributed by atoms with E-state index in [9.17, 15) is 19.7 Å². The van der Waals surface area contributed by atoms with Gasteiger partial charge in [-0.05, 0) is 51.3 Å². The Morgan fingerprint density at radius 2 is 1.78 bits per heavy atom. The molecule has 0 radical (unpaired) electrons. The molecule has 1 aromatic carbocycles. The number of dihydropyridines is 1. The van der Waals surface area contributed by atoms with E-state index < -0.39 is 22.8 Å². The fourth-order valence-corrected chi connectivity index (χ4v) is 5.04. The van der Waals surface area contributed by atoms with Crippen LogP contribution in [0, 0.1) is 16.0 Å². The Morgan fingerprint density at radius 1 is 1.12 bits per heavy atom. The number of hydrogen-bond donors (Lipinski definition) is 1. The second kappa shape index (κ2) is 8.74. The van der Waals surface area contributed by atoms with Gasteiger partial charge in [0.05, 0.1) is 29.1 Å². The number of esters is 2. The number of nitro groups is 1. The summed E-state index contributed by atoms with van der Waals surface area (Å²) in [5.41, 5.74) is 1.93. The molecule has 2 unspecified atom stereocenters. The molecule has 4 aliphatic heterocycles. The van der Waals surface area contributed by atoms with Crippen LogP contribution in [0.3, 0.4) is 0 Å². The lowest BCUT2D eigenvalue weighted by Gasteiger charge is -2.44. The number of benzene rings is 1. The standard InChI is InChI=1S/C23H27N3O6/c1-13-19(22(27)31-3)21(16-5-4-6-17(11-16)26(29)30)20(14(2)24-13)23(28)32-18-12-25-9-7-15(18)8-10-25/h4-6,11,15,18,21,24H,7-10,12H2,1-3H3. The molecular weight excluding hydrogens is 414 g/mol. The summed E-state index contributed by atoms with van der Waals surface area (Å²) in [6.07, 6.45) is 1.79. The zero-order valence-corrected chi connectivity index (χ0v) is 18.4. The van der Waals surface area contributed by atoms with Crippen LogP contribution in [0.2, 0.25) is 0 Å². The molecule has 3 saturated heterocycles. The van der Waals surface area contributed by atoms with Crippen molar-refractivity contribution in [1.82, 2.24) is 10.2 Å². The summed E-state index contributed by atoms with van der Waals surface area (Å²) in [5.74, 6) is -1.63. The summed E-state index contributed by atoms with van der Waals surface area (Å²) in [7, 11) is 1.27. The predicted octanol–water partition coefficient (Wildman–Crippen LogP) is 2.64. The van der Waals surface area contributed by atoms with Crippen LogP contribution >= 0.6 is 0 Å². The number of piperidine rings is 3. The second-order valence-electron chi connectivity index (χ2n) is 8.56. The Morgan fingerprint density at radius 3 is 2.34 bits per heavy atom. The molecule has 1 N–H and O–H groups in total. The lowest BCUT2D eigenvalue weighted by molar-refractivity contribution is -0.384. The van der Waals surface area contributed by atoms with Crippen LogP contribution in [0.4, 0.5) is 5.69 Å². The van der Waals surface area contributed by atoms with Gasteiger partial charge in [0.1, 0.15) is 6.10 Å². The molecule has 2 atom stereocenters. The highest BCUT2D eigenvalue weighted by molar-refractivity contribution is 6.00. The van der Waals surface area contributed by atoms with Crippen molar-refractivity contribution in [1.29, 1.82) is 0 Å². The topological polar surface area (TPSA) is 111 Å². The third kappa shape index (κ3) is 4.00. The molecular formula is C23H27N3O6. The molecule has 9 heteroatoms. The monoisotopic (exact) mass is 441 g/mol. The van der Waals surface area contributed by atoms with E-state index >= 15 is 0 Å². The highest BCUT2D eigenvalue weighted by Gasteiger charge is 2.41. The normalized spacial score (nSPS) is 27.1. The zero-order chi connectivity index (χ0) is 23.0. The van der Waals surface area contributed by atoms with Crippen molar-refractivity contribution in [2.75, 3.05) is 26.7 Å². The van der Waals surface area contributed by atoms with Gasteiger partial charge in [0.2, 0.25) is 0 Å². The summed E-state index contributed by atoms with van der Waals surface area (Å²) < 4.78 is 11.0. The van der Waals surface area contributed by atoms with E-state index in [0.717, 1.165) is 25.9 Å². The fraction of sp³-hybridized carbons (Fsp3) is 0.478. The van der Waals surface area contributed by atoms with E-state index in [1.165, 1.54) is 19.2 Å². The number of rotatable bonds is 5. The first-order chi connectivity index (χ1) is 15.3. The maximum atomic E-state index is 13.5. The van der Waals surface area contributed by atoms with Crippen molar-refractivity contribution in [2.45, 2.75) is 38.7 Å². The van der Waals surface area contributed by atoms with Gasteiger partial charge in [0.25, 0.3) is 5.69 Å². The summed E-state index contributed by atoms with van der Waals surface area (Å²) >= 11 is 0. The molecule has 32 heavy (non-hydrogen) atoms. The first kappa shape index (κ1) is 22.0. The van der Waals surface area contributed by atoms with Crippen LogP contribution < -0.4 is 5.32 Å². The SMILES string of the molecule is COC(=O)C1=C(C)NC(C)=C(C(=O)OC2CN3CCC2CC3)C1c1cccc([N+](=O)[O-])c1. The van der Waals surface area contributed by atoms with Crippen molar-refractivity contribution >= 4 is 17.6 Å². The number of methoxy groups -OCH3 is 1. The molecule has 4 heterocycles. The third-order valence-corrected chi connectivity index (χ3v) is 6.65. The summed E-state index contributed by atoms with van der Waals surface area (Å²) in [5, 5.41) is 14.5. The number of non-ortho nitro benzene ring substituents is 1. The van der Waals surface area contributed by atoms with Crippen molar-refractivity contribution in [2.24, 2.45) is 5.92 Å². The molecule has 2 bridgehead atoms. The Hall–Kier alpha value is -3.20. The van der Waals surface area contributed by atoms with E-state index in [4.69, 9.17) is 9.47 Å². The molecule has 0 amide bonds. The Balaban J connectivity index is 1.73. The van der Waals surface area contributed by atoms with E-state index in [1.54, 1.807) is 26.0 Å². The first-order valence-corrected chi connectivity index (χ1v) is 10.7. The maximum Gasteiger partial charge on any atom is 0.337 e. The summed E-state index contributed by atoms with van der Waals surface area (Å²) in [6.45, 7) is 6.21. The molecule has 5 rings (SSSR count). The second-order valence-corrected chi connectivity index (χ2v) is 8.56. The maximum absolute atomic E-state index is 13.5. The van der Waals surface area contributed by atoms with E-state index in [-0.39, 0.29) is 22.9 Å². The molecule has 4 aliphatic rings. The largest absolute Gasteiger partial charge is 0.466 e. The summed E-state index contributed by atoms with van der Waals surface area (Å²) in [4.78, 5) is 39.3. The van der Waals surface area contributed by atoms with Gasteiger partial charge in [-0.25, -0.2) is 9.59 Å². The lowest BCUT2D eigenvalue weighted by Crippen LogP contribution is -2.52. The number of fused-ring (bicyclic) bond motifs is 3. The number of nitrogens with zero attached hydrogens (tertiary/aromatic N) is 2. The smallest absolute Gasteiger partial charge is 0.337 e. The zero-order valence-electron chi connectivity index (χ0n) is 18.4. The van der Waals surface area contributed by atoms with Crippen LogP contribution in [0.25, 0.3) is 0 Å². The van der Waals surface area contributed by atoms with Crippen molar-refractivity contribution in [3.8, 4) is 0 Å². The number of carbonyl (C=O) groups excluding carboxylic acids is 2. The Kier molecular flexibility index (Phi) is 6.01. The molecule has 0 spiro atoms. The predicted molar refractivity (Wildman–Crippen MR) is 115 cm³/mol. The van der Waals surface area contributed by atoms with Crippen molar-refractivity contribution in [3.05, 3.63) is 62.5 Å². The van der Waals surface area contributed by atoms with Gasteiger partial charge < -0.3 is 14.8 Å². The molecule has 170 valence electrons. The average molecular weight is 441 g/mol. The molecule has 0 saturated carbocycles. The van der Waals surface area contributed by atoms with Gasteiger partial charge in [-0.1, -0.05) is 12.1 Å². The van der Waals surface area contributed by atoms with Gasteiger partial charge in [0.15, 0.2) is 0 Å². The molecule has 0 aliphatic carbocycles. The number of ether oxygens (including phenoxy) is 2. The quantitative estimate of drug-likeness (QED) is 0.422. The van der Waals surface area contributed by atoms with Crippen LogP contribution in [-0.2, 0) is 19.1 Å². The van der Waals surface area contributed by atoms with Crippen molar-refractivity contribution in [3.63, 3.8) is 0 Å². The molecule has 9 nitrogen and oxygen atoms in total. The number of allylic oxidation sites excluding steroid dienone is 2. The minimum atomic E-state index is -0.836. The highest BCUT2D eigenvalue weighted by Crippen LogP contribution is 2.41. The number of nitro benzene ring substituents is 1. The van der Waals surface area contributed by atoms with Gasteiger partial charge in [-0.3, -0.25) is 15.0 Å². The van der Waals surface area contributed by atoms with Gasteiger partial charge >= 0.3 is 11.9 Å². The third-order valence-electron chi connectivity index (χ3n) is 6.65. The lowest BCUT2D eigenvalue weighted by atomic mass is 9.80.